The third-order valence-corrected chi connectivity index (χ3v) is 5.18. The van der Waals surface area contributed by atoms with Crippen molar-refractivity contribution >= 4 is 69.2 Å². The topological polar surface area (TPSA) is 61.0 Å². The average molecular weight is 411 g/mol. The van der Waals surface area contributed by atoms with Crippen molar-refractivity contribution in [2.24, 2.45) is 0 Å². The monoisotopic (exact) mass is 410 g/mol. The first-order valence-corrected chi connectivity index (χ1v) is 9.14. The zero-order chi connectivity index (χ0) is 17.8. The molecule has 1 aromatic heterocycles. The third-order valence-electron chi connectivity index (χ3n) is 3.25. The Morgan fingerprint density at radius 2 is 1.96 bits per heavy atom. The van der Waals surface area contributed by atoms with Crippen LogP contribution in [0.3, 0.4) is 0 Å². The highest BCUT2D eigenvalue weighted by Gasteiger charge is 2.18. The van der Waals surface area contributed by atoms with E-state index in [4.69, 9.17) is 35.4 Å². The zero-order valence-electron chi connectivity index (χ0n) is 12.7. The molecule has 0 spiro atoms. The number of nitrogens with one attached hydrogen (secondary N) is 2. The van der Waals surface area contributed by atoms with E-state index in [-0.39, 0.29) is 12.5 Å². The summed E-state index contributed by atoms with van der Waals surface area (Å²) in [6, 6.07) is 14.5. The van der Waals surface area contributed by atoms with Gasteiger partial charge in [-0.25, -0.2) is 0 Å². The van der Waals surface area contributed by atoms with Gasteiger partial charge in [0.25, 0.3) is 0 Å². The molecular formula is C16H12Cl2N4OS2. The van der Waals surface area contributed by atoms with Gasteiger partial charge < -0.3 is 10.2 Å². The van der Waals surface area contributed by atoms with Crippen LogP contribution in [0.5, 0.6) is 0 Å². The van der Waals surface area contributed by atoms with E-state index in [1.807, 2.05) is 30.3 Å². The van der Waals surface area contributed by atoms with E-state index in [9.17, 15) is 4.79 Å². The van der Waals surface area contributed by atoms with Gasteiger partial charge in [-0.15, -0.1) is 5.10 Å². The fourth-order valence-electron chi connectivity index (χ4n) is 2.15. The second-order valence-corrected chi connectivity index (χ2v) is 7.40. The van der Waals surface area contributed by atoms with E-state index < -0.39 is 0 Å². The Hall–Kier alpha value is -1.93. The van der Waals surface area contributed by atoms with Crippen molar-refractivity contribution in [2.75, 3.05) is 16.8 Å². The lowest BCUT2D eigenvalue weighted by Gasteiger charge is -2.21. The Kier molecular flexibility index (Phi) is 5.70. The molecule has 0 fully saturated rings. The number of nitrogens with zero attached hydrogens (tertiary/aromatic N) is 2. The molecule has 25 heavy (non-hydrogen) atoms. The summed E-state index contributed by atoms with van der Waals surface area (Å²) < 4.78 is 0.536. The lowest BCUT2D eigenvalue weighted by Crippen LogP contribution is -2.29. The fraction of sp³-hybridized carbons (Fsp3) is 0.0625. The van der Waals surface area contributed by atoms with Crippen LogP contribution in [-0.2, 0) is 4.79 Å². The number of carbonyl (C=O) groups excluding carboxylic acids is 1. The predicted molar refractivity (Wildman–Crippen MR) is 106 cm³/mol. The van der Waals surface area contributed by atoms with Gasteiger partial charge in [0.05, 0.1) is 15.7 Å². The van der Waals surface area contributed by atoms with Gasteiger partial charge in [-0.3, -0.25) is 9.89 Å². The van der Waals surface area contributed by atoms with E-state index in [0.717, 1.165) is 5.69 Å². The van der Waals surface area contributed by atoms with Crippen LogP contribution in [0, 0.1) is 3.95 Å². The molecule has 0 aliphatic heterocycles. The van der Waals surface area contributed by atoms with Gasteiger partial charge in [0, 0.05) is 5.69 Å². The average Bonchev–Trinajstić information content (AvgIpc) is 3.04. The van der Waals surface area contributed by atoms with E-state index in [1.54, 1.807) is 23.1 Å². The van der Waals surface area contributed by atoms with E-state index in [1.165, 1.54) is 11.3 Å². The van der Waals surface area contributed by atoms with Gasteiger partial charge >= 0.3 is 0 Å². The molecule has 3 rings (SSSR count). The van der Waals surface area contributed by atoms with Crippen molar-refractivity contribution in [1.82, 2.24) is 10.2 Å². The molecule has 9 heteroatoms. The highest BCUT2D eigenvalue weighted by Crippen LogP contribution is 2.30. The highest BCUT2D eigenvalue weighted by atomic mass is 35.5. The summed E-state index contributed by atoms with van der Waals surface area (Å²) >= 11 is 18.5. The third kappa shape index (κ3) is 4.38. The van der Waals surface area contributed by atoms with Crippen LogP contribution in [0.4, 0.5) is 16.5 Å². The van der Waals surface area contributed by atoms with Crippen molar-refractivity contribution in [3.8, 4) is 0 Å². The van der Waals surface area contributed by atoms with Crippen molar-refractivity contribution in [2.45, 2.75) is 0 Å². The van der Waals surface area contributed by atoms with Crippen molar-refractivity contribution in [3.63, 3.8) is 0 Å². The molecule has 2 N–H and O–H groups in total. The summed E-state index contributed by atoms with van der Waals surface area (Å²) in [6.07, 6.45) is 0. The number of para-hydroxylation sites is 1. The minimum Gasteiger partial charge on any atom is -0.323 e. The quantitative estimate of drug-likeness (QED) is 0.561. The SMILES string of the molecule is O=C(CN(c1ccccc1)c1n[nH]c(=S)s1)Nc1cccc(Cl)c1Cl. The van der Waals surface area contributed by atoms with Crippen LogP contribution in [0.15, 0.2) is 48.5 Å². The maximum absolute atomic E-state index is 12.5. The fourth-order valence-corrected chi connectivity index (χ4v) is 3.39. The molecule has 0 aliphatic rings. The molecular weight excluding hydrogens is 399 g/mol. The Morgan fingerprint density at radius 3 is 2.64 bits per heavy atom. The summed E-state index contributed by atoms with van der Waals surface area (Å²) in [5, 5.41) is 11.0. The number of aromatic nitrogens is 2. The van der Waals surface area contributed by atoms with Crippen LogP contribution in [0.2, 0.25) is 10.0 Å². The number of benzene rings is 2. The summed E-state index contributed by atoms with van der Waals surface area (Å²) in [6.45, 7) is 0.0446. The van der Waals surface area contributed by atoms with Gasteiger partial charge in [0.1, 0.15) is 6.54 Å². The summed E-state index contributed by atoms with van der Waals surface area (Å²) in [5.74, 6) is -0.255. The molecule has 0 saturated heterocycles. The van der Waals surface area contributed by atoms with Crippen molar-refractivity contribution < 1.29 is 4.79 Å². The molecule has 0 radical (unpaired) electrons. The number of hydrogen-bond donors (Lipinski definition) is 2. The lowest BCUT2D eigenvalue weighted by molar-refractivity contribution is -0.114. The van der Waals surface area contributed by atoms with E-state index >= 15 is 0 Å². The molecule has 1 heterocycles. The molecule has 1 amide bonds. The molecule has 128 valence electrons. The maximum atomic E-state index is 12.5. The highest BCUT2D eigenvalue weighted by molar-refractivity contribution is 7.73. The molecule has 0 aliphatic carbocycles. The minimum atomic E-state index is -0.255. The predicted octanol–water partition coefficient (Wildman–Crippen LogP) is 5.28. The maximum Gasteiger partial charge on any atom is 0.244 e. The summed E-state index contributed by atoms with van der Waals surface area (Å²) in [5.41, 5.74) is 1.29. The first-order valence-electron chi connectivity index (χ1n) is 7.16. The number of carbonyl (C=O) groups is 1. The van der Waals surface area contributed by atoms with Gasteiger partial charge in [-0.1, -0.05) is 58.8 Å². The second kappa shape index (κ2) is 7.97. The van der Waals surface area contributed by atoms with Crippen LogP contribution >= 0.6 is 46.8 Å². The van der Waals surface area contributed by atoms with Gasteiger partial charge in [0.2, 0.25) is 11.0 Å². The van der Waals surface area contributed by atoms with Gasteiger partial charge in [0.15, 0.2) is 3.95 Å². The molecule has 0 saturated carbocycles. The summed E-state index contributed by atoms with van der Waals surface area (Å²) in [7, 11) is 0. The molecule has 0 atom stereocenters. The number of rotatable bonds is 5. The Morgan fingerprint density at radius 1 is 1.20 bits per heavy atom. The van der Waals surface area contributed by atoms with Crippen LogP contribution in [-0.4, -0.2) is 22.6 Å². The number of hydrogen-bond acceptors (Lipinski definition) is 5. The number of H-pyrrole nitrogens is 1. The standard InChI is InChI=1S/C16H12Cl2N4OS2/c17-11-7-4-8-12(14(11)18)19-13(23)9-22(10-5-2-1-3-6-10)15-20-21-16(24)25-15/h1-8H,9H2,(H,19,23)(H,21,24). The van der Waals surface area contributed by atoms with E-state index in [0.29, 0.717) is 24.8 Å². The lowest BCUT2D eigenvalue weighted by atomic mass is 10.3. The number of amides is 1. The molecule has 5 nitrogen and oxygen atoms in total. The van der Waals surface area contributed by atoms with Gasteiger partial charge in [-0.05, 0) is 36.5 Å². The zero-order valence-corrected chi connectivity index (χ0v) is 15.8. The van der Waals surface area contributed by atoms with Gasteiger partial charge in [-0.2, -0.15) is 0 Å². The van der Waals surface area contributed by atoms with Crippen molar-refractivity contribution in [3.05, 3.63) is 62.5 Å². The summed E-state index contributed by atoms with van der Waals surface area (Å²) in [4.78, 5) is 14.3. The molecule has 0 unspecified atom stereocenters. The molecule has 0 bridgehead atoms. The van der Waals surface area contributed by atoms with Crippen molar-refractivity contribution in [1.29, 1.82) is 0 Å². The first-order chi connectivity index (χ1) is 12.0. The van der Waals surface area contributed by atoms with Crippen LogP contribution in [0.25, 0.3) is 0 Å². The number of halogens is 2. The Labute approximate surface area is 163 Å². The van der Waals surface area contributed by atoms with E-state index in [2.05, 4.69) is 15.5 Å². The second-order valence-electron chi connectivity index (χ2n) is 4.97. The first kappa shape index (κ1) is 17.9. The number of anilines is 3. The minimum absolute atomic E-state index is 0.0446. The molecule has 3 aromatic rings. The smallest absolute Gasteiger partial charge is 0.244 e. The Bertz CT molecular complexity index is 943. The largest absolute Gasteiger partial charge is 0.323 e. The Balaban J connectivity index is 1.84. The number of aromatic amines is 1. The molecule has 2 aromatic carbocycles. The van der Waals surface area contributed by atoms with Crippen LogP contribution < -0.4 is 10.2 Å². The normalized spacial score (nSPS) is 10.5. The van der Waals surface area contributed by atoms with Crippen LogP contribution in [0.1, 0.15) is 0 Å².